The van der Waals surface area contributed by atoms with E-state index in [1.54, 1.807) is 4.90 Å². The molecule has 1 aliphatic rings. The van der Waals surface area contributed by atoms with E-state index >= 15 is 0 Å². The van der Waals surface area contributed by atoms with Gasteiger partial charge in [-0.25, -0.2) is 0 Å². The summed E-state index contributed by atoms with van der Waals surface area (Å²) >= 11 is 0. The monoisotopic (exact) mass is 373 g/mol. The molecule has 1 saturated heterocycles. The average Bonchev–Trinajstić information content (AvgIpc) is 2.84. The van der Waals surface area contributed by atoms with Gasteiger partial charge in [-0.05, 0) is 30.7 Å². The molecule has 1 aromatic carbocycles. The summed E-state index contributed by atoms with van der Waals surface area (Å²) in [4.78, 5) is 38.7. The minimum absolute atomic E-state index is 0.0246. The van der Waals surface area contributed by atoms with Crippen molar-refractivity contribution in [3.63, 3.8) is 0 Å². The largest absolute Gasteiger partial charge is 0.350 e. The highest BCUT2D eigenvalue weighted by Gasteiger charge is 2.24. The van der Waals surface area contributed by atoms with Crippen LogP contribution < -0.4 is 10.6 Å². The predicted octanol–water partition coefficient (Wildman–Crippen LogP) is 2.24. The fourth-order valence-electron chi connectivity index (χ4n) is 3.23. The molecule has 1 aliphatic heterocycles. The van der Waals surface area contributed by atoms with Crippen molar-refractivity contribution in [3.8, 4) is 0 Å². The van der Waals surface area contributed by atoms with Crippen molar-refractivity contribution in [2.75, 3.05) is 13.1 Å². The summed E-state index contributed by atoms with van der Waals surface area (Å²) in [6.45, 7) is 5.10. The van der Waals surface area contributed by atoms with Gasteiger partial charge < -0.3 is 15.5 Å². The van der Waals surface area contributed by atoms with Crippen molar-refractivity contribution in [2.24, 2.45) is 5.92 Å². The highest BCUT2D eigenvalue weighted by molar-refractivity contribution is 5.90. The molecule has 0 saturated carbocycles. The van der Waals surface area contributed by atoms with Crippen LogP contribution in [0.3, 0.4) is 0 Å². The van der Waals surface area contributed by atoms with Gasteiger partial charge in [0.2, 0.25) is 17.7 Å². The van der Waals surface area contributed by atoms with Crippen LogP contribution in [0.15, 0.2) is 30.3 Å². The van der Waals surface area contributed by atoms with Crippen LogP contribution in [0.1, 0.15) is 51.5 Å². The van der Waals surface area contributed by atoms with Crippen LogP contribution in [-0.4, -0.2) is 41.8 Å². The van der Waals surface area contributed by atoms with Crippen LogP contribution in [0.2, 0.25) is 0 Å². The molecule has 6 nitrogen and oxygen atoms in total. The summed E-state index contributed by atoms with van der Waals surface area (Å²) in [6, 6.07) is 9.07. The molecule has 0 radical (unpaired) electrons. The smallest absolute Gasteiger partial charge is 0.242 e. The number of nitrogens with zero attached hydrogens (tertiary/aromatic N) is 1. The number of hydrogen-bond acceptors (Lipinski definition) is 3. The van der Waals surface area contributed by atoms with Crippen molar-refractivity contribution in [1.29, 1.82) is 0 Å². The number of hydrogen-bond donors (Lipinski definition) is 2. The maximum absolute atomic E-state index is 12.6. The average molecular weight is 373 g/mol. The number of benzene rings is 1. The van der Waals surface area contributed by atoms with Crippen LogP contribution in [0.25, 0.3) is 0 Å². The van der Waals surface area contributed by atoms with Gasteiger partial charge in [-0.1, -0.05) is 50.6 Å². The Morgan fingerprint density at radius 3 is 2.56 bits per heavy atom. The van der Waals surface area contributed by atoms with E-state index in [4.69, 9.17) is 0 Å². The molecule has 1 fully saturated rings. The van der Waals surface area contributed by atoms with Gasteiger partial charge in [0.1, 0.15) is 6.04 Å². The maximum atomic E-state index is 12.6. The number of likely N-dealkylation sites (tertiary alicyclic amines) is 1. The molecule has 6 heteroatoms. The zero-order valence-corrected chi connectivity index (χ0v) is 16.4. The van der Waals surface area contributed by atoms with Gasteiger partial charge >= 0.3 is 0 Å². The normalized spacial score (nSPS) is 16.0. The Morgan fingerprint density at radius 2 is 1.85 bits per heavy atom. The SMILES string of the molecule is CC(C)C[C@H](NC(=O)CN1CCCCCC1=O)C(=O)NCc1ccccc1. The Hall–Kier alpha value is -2.37. The van der Waals surface area contributed by atoms with E-state index in [1.807, 2.05) is 44.2 Å². The van der Waals surface area contributed by atoms with Crippen LogP contribution >= 0.6 is 0 Å². The molecule has 27 heavy (non-hydrogen) atoms. The minimum Gasteiger partial charge on any atom is -0.350 e. The van der Waals surface area contributed by atoms with Gasteiger partial charge in [0, 0.05) is 19.5 Å². The molecule has 148 valence electrons. The van der Waals surface area contributed by atoms with E-state index in [0.717, 1.165) is 24.8 Å². The predicted molar refractivity (Wildman–Crippen MR) is 105 cm³/mol. The highest BCUT2D eigenvalue weighted by atomic mass is 16.2. The fourth-order valence-corrected chi connectivity index (χ4v) is 3.23. The molecular weight excluding hydrogens is 342 g/mol. The van der Waals surface area contributed by atoms with Crippen LogP contribution in [-0.2, 0) is 20.9 Å². The summed E-state index contributed by atoms with van der Waals surface area (Å²) in [6.07, 6.45) is 3.88. The van der Waals surface area contributed by atoms with Gasteiger partial charge in [-0.3, -0.25) is 14.4 Å². The summed E-state index contributed by atoms with van der Waals surface area (Å²) in [7, 11) is 0. The molecule has 3 amide bonds. The van der Waals surface area contributed by atoms with Crippen molar-refractivity contribution < 1.29 is 14.4 Å². The summed E-state index contributed by atoms with van der Waals surface area (Å²) in [5, 5.41) is 5.73. The summed E-state index contributed by atoms with van der Waals surface area (Å²) < 4.78 is 0. The number of carbonyl (C=O) groups excluding carboxylic acids is 3. The Balaban J connectivity index is 1.90. The summed E-state index contributed by atoms with van der Waals surface area (Å²) in [5.74, 6) is -0.178. The molecule has 0 aliphatic carbocycles. The third-order valence-corrected chi connectivity index (χ3v) is 4.67. The minimum atomic E-state index is -0.594. The van der Waals surface area contributed by atoms with Crippen molar-refractivity contribution in [2.45, 2.75) is 58.5 Å². The lowest BCUT2D eigenvalue weighted by Crippen LogP contribution is -2.50. The lowest BCUT2D eigenvalue weighted by molar-refractivity contribution is -0.136. The van der Waals surface area contributed by atoms with Crippen molar-refractivity contribution in [1.82, 2.24) is 15.5 Å². The Morgan fingerprint density at radius 1 is 1.11 bits per heavy atom. The van der Waals surface area contributed by atoms with Crippen molar-refractivity contribution >= 4 is 17.7 Å². The Labute approximate surface area is 161 Å². The second kappa shape index (κ2) is 10.7. The van der Waals surface area contributed by atoms with Gasteiger partial charge in [0.05, 0.1) is 6.54 Å². The molecule has 2 N–H and O–H groups in total. The fraction of sp³-hybridized carbons (Fsp3) is 0.571. The van der Waals surface area contributed by atoms with E-state index in [1.165, 1.54) is 0 Å². The molecule has 1 aromatic rings. The van der Waals surface area contributed by atoms with E-state index in [9.17, 15) is 14.4 Å². The molecule has 0 bridgehead atoms. The Bertz CT molecular complexity index is 631. The van der Waals surface area contributed by atoms with Crippen molar-refractivity contribution in [3.05, 3.63) is 35.9 Å². The number of amides is 3. The zero-order chi connectivity index (χ0) is 19.6. The van der Waals surface area contributed by atoms with Crippen LogP contribution in [0, 0.1) is 5.92 Å². The molecule has 0 aromatic heterocycles. The van der Waals surface area contributed by atoms with Gasteiger partial charge in [-0.2, -0.15) is 0 Å². The van der Waals surface area contributed by atoms with E-state index < -0.39 is 6.04 Å². The third kappa shape index (κ3) is 7.41. The lowest BCUT2D eigenvalue weighted by atomic mass is 10.0. The van der Waals surface area contributed by atoms with E-state index in [-0.39, 0.29) is 30.2 Å². The van der Waals surface area contributed by atoms with Gasteiger partial charge in [0.25, 0.3) is 0 Å². The lowest BCUT2D eigenvalue weighted by Gasteiger charge is -2.24. The number of rotatable bonds is 8. The number of carbonyl (C=O) groups is 3. The van der Waals surface area contributed by atoms with Gasteiger partial charge in [-0.15, -0.1) is 0 Å². The molecular formula is C21H31N3O3. The van der Waals surface area contributed by atoms with Crippen LogP contribution in [0.4, 0.5) is 0 Å². The third-order valence-electron chi connectivity index (χ3n) is 4.67. The second-order valence-corrected chi connectivity index (χ2v) is 7.58. The quantitative estimate of drug-likeness (QED) is 0.733. The zero-order valence-electron chi connectivity index (χ0n) is 16.4. The molecule has 1 atom stereocenters. The Kier molecular flexibility index (Phi) is 8.30. The summed E-state index contributed by atoms with van der Waals surface area (Å²) in [5.41, 5.74) is 1.01. The number of nitrogens with one attached hydrogen (secondary N) is 2. The topological polar surface area (TPSA) is 78.5 Å². The first-order chi connectivity index (χ1) is 13.0. The molecule has 0 unspecified atom stereocenters. The molecule has 1 heterocycles. The second-order valence-electron chi connectivity index (χ2n) is 7.58. The van der Waals surface area contributed by atoms with Gasteiger partial charge in [0.15, 0.2) is 0 Å². The standard InChI is InChI=1S/C21H31N3O3/c1-16(2)13-18(21(27)22-14-17-9-5-3-6-10-17)23-19(25)15-24-12-8-4-7-11-20(24)26/h3,5-6,9-10,16,18H,4,7-8,11-15H2,1-2H3,(H,22,27)(H,23,25)/t18-/m0/s1. The first-order valence-electron chi connectivity index (χ1n) is 9.84. The van der Waals surface area contributed by atoms with E-state index in [2.05, 4.69) is 10.6 Å². The van der Waals surface area contributed by atoms with E-state index in [0.29, 0.717) is 25.9 Å². The molecule has 2 rings (SSSR count). The first kappa shape index (κ1) is 20.9. The maximum Gasteiger partial charge on any atom is 0.242 e. The van der Waals surface area contributed by atoms with Crippen LogP contribution in [0.5, 0.6) is 0 Å². The first-order valence-corrected chi connectivity index (χ1v) is 9.84. The molecule has 0 spiro atoms. The highest BCUT2D eigenvalue weighted by Crippen LogP contribution is 2.11.